The van der Waals surface area contributed by atoms with E-state index in [-0.39, 0.29) is 17.9 Å². The molecule has 0 aromatic heterocycles. The number of carbonyl (C=O) groups is 1. The van der Waals surface area contributed by atoms with Gasteiger partial charge in [0, 0.05) is 12.5 Å². The number of carboxylic acids is 1. The molecule has 0 bridgehead atoms. The maximum atomic E-state index is 11.1. The number of hydrogen-bond donors (Lipinski definition) is 2. The molecule has 1 fully saturated rings. The van der Waals surface area contributed by atoms with Crippen molar-refractivity contribution < 1.29 is 15.0 Å². The lowest BCUT2D eigenvalue weighted by atomic mass is 9.95. The first kappa shape index (κ1) is 10.3. The number of carboxylic acid groups (broad SMARTS) is 1. The second kappa shape index (κ2) is 2.84. The normalized spacial score (nSPS) is 36.5. The van der Waals surface area contributed by atoms with Crippen molar-refractivity contribution in [2.75, 3.05) is 6.61 Å². The minimum atomic E-state index is -0.851. The molecule has 0 aromatic rings. The molecule has 0 amide bonds. The zero-order valence-corrected chi connectivity index (χ0v) is 8.24. The summed E-state index contributed by atoms with van der Waals surface area (Å²) in [6.45, 7) is 5.49. The van der Waals surface area contributed by atoms with E-state index in [4.69, 9.17) is 10.2 Å². The van der Waals surface area contributed by atoms with Crippen molar-refractivity contribution in [3.63, 3.8) is 0 Å². The lowest BCUT2D eigenvalue weighted by Gasteiger charge is -2.09. The third-order valence-electron chi connectivity index (χ3n) is 3.37. The highest BCUT2D eigenvalue weighted by Gasteiger charge is 2.73. The van der Waals surface area contributed by atoms with Gasteiger partial charge in [-0.05, 0) is 12.3 Å². The fourth-order valence-corrected chi connectivity index (χ4v) is 2.37. The molecular weight excluding hydrogens is 168 g/mol. The summed E-state index contributed by atoms with van der Waals surface area (Å²) < 4.78 is 0. The van der Waals surface area contributed by atoms with Gasteiger partial charge in [0.05, 0.1) is 5.41 Å². The van der Waals surface area contributed by atoms with E-state index in [1.807, 2.05) is 13.8 Å². The van der Waals surface area contributed by atoms with Gasteiger partial charge in [0.2, 0.25) is 0 Å². The van der Waals surface area contributed by atoms with Gasteiger partial charge >= 0.3 is 5.97 Å². The molecule has 0 radical (unpaired) electrons. The molecule has 3 heteroatoms. The van der Waals surface area contributed by atoms with E-state index in [9.17, 15) is 4.79 Å². The topological polar surface area (TPSA) is 57.5 Å². The second-order valence-electron chi connectivity index (χ2n) is 4.13. The van der Waals surface area contributed by atoms with Crippen LogP contribution in [0.5, 0.6) is 0 Å². The molecule has 1 rings (SSSR count). The van der Waals surface area contributed by atoms with E-state index in [1.165, 1.54) is 0 Å². The Morgan fingerprint density at radius 2 is 2.08 bits per heavy atom. The van der Waals surface area contributed by atoms with Crippen LogP contribution >= 0.6 is 0 Å². The molecule has 2 N–H and O–H groups in total. The van der Waals surface area contributed by atoms with E-state index in [0.717, 1.165) is 0 Å². The molecule has 1 aliphatic rings. The van der Waals surface area contributed by atoms with Crippen LogP contribution in [0.25, 0.3) is 0 Å². The van der Waals surface area contributed by atoms with Gasteiger partial charge in [-0.15, -0.1) is 0 Å². The summed E-state index contributed by atoms with van der Waals surface area (Å²) in [6, 6.07) is 0. The number of aliphatic carboxylic acids is 1. The Morgan fingerprint density at radius 1 is 1.54 bits per heavy atom. The molecule has 0 heterocycles. The van der Waals surface area contributed by atoms with Crippen LogP contribution in [0, 0.1) is 16.7 Å². The first-order valence-corrected chi connectivity index (χ1v) is 4.43. The Bertz CT molecular complexity index is 255. The standard InChI is InChI=1S/C10H16O3/c1-4-5-10(8(12)13)7(6-11)9(10,2)3/h4-5,7,11H,6H2,1-3H3,(H,12,13). The molecule has 0 aromatic carbocycles. The second-order valence-corrected chi connectivity index (χ2v) is 4.13. The first-order chi connectivity index (χ1) is 5.95. The fraction of sp³-hybridized carbons (Fsp3) is 0.700. The van der Waals surface area contributed by atoms with E-state index in [1.54, 1.807) is 19.1 Å². The van der Waals surface area contributed by atoms with Gasteiger partial charge in [0.15, 0.2) is 0 Å². The van der Waals surface area contributed by atoms with Crippen molar-refractivity contribution in [2.45, 2.75) is 20.8 Å². The molecule has 0 saturated heterocycles. The average molecular weight is 184 g/mol. The van der Waals surface area contributed by atoms with Crippen LogP contribution < -0.4 is 0 Å². The van der Waals surface area contributed by atoms with E-state index in [2.05, 4.69) is 0 Å². The molecule has 74 valence electrons. The molecule has 3 nitrogen and oxygen atoms in total. The molecule has 0 aliphatic heterocycles. The Hall–Kier alpha value is -0.830. The molecule has 13 heavy (non-hydrogen) atoms. The summed E-state index contributed by atoms with van der Waals surface area (Å²) in [5.41, 5.74) is -1.18. The van der Waals surface area contributed by atoms with Crippen LogP contribution in [0.4, 0.5) is 0 Å². The van der Waals surface area contributed by atoms with Gasteiger partial charge in [-0.3, -0.25) is 4.79 Å². The summed E-state index contributed by atoms with van der Waals surface area (Å²) >= 11 is 0. The molecule has 1 aliphatic carbocycles. The quantitative estimate of drug-likeness (QED) is 0.650. The van der Waals surface area contributed by atoms with Crippen molar-refractivity contribution in [1.29, 1.82) is 0 Å². The Kier molecular flexibility index (Phi) is 2.24. The van der Waals surface area contributed by atoms with Crippen molar-refractivity contribution in [3.8, 4) is 0 Å². The van der Waals surface area contributed by atoms with Gasteiger partial charge in [-0.25, -0.2) is 0 Å². The Balaban J connectivity index is 3.04. The molecule has 0 spiro atoms. The Labute approximate surface area is 78.1 Å². The highest BCUT2D eigenvalue weighted by Crippen LogP contribution is 2.69. The van der Waals surface area contributed by atoms with Crippen molar-refractivity contribution in [1.82, 2.24) is 0 Å². The first-order valence-electron chi connectivity index (χ1n) is 4.43. The van der Waals surface area contributed by atoms with E-state index < -0.39 is 11.4 Å². The third-order valence-corrected chi connectivity index (χ3v) is 3.37. The van der Waals surface area contributed by atoms with Crippen molar-refractivity contribution in [3.05, 3.63) is 12.2 Å². The highest BCUT2D eigenvalue weighted by atomic mass is 16.4. The number of allylic oxidation sites excluding steroid dienone is 1. The number of aliphatic hydroxyl groups excluding tert-OH is 1. The maximum absolute atomic E-state index is 11.1. The van der Waals surface area contributed by atoms with Crippen molar-refractivity contribution in [2.24, 2.45) is 16.7 Å². The van der Waals surface area contributed by atoms with Crippen LogP contribution in [-0.4, -0.2) is 22.8 Å². The van der Waals surface area contributed by atoms with Gasteiger partial charge in [0.1, 0.15) is 0 Å². The lowest BCUT2D eigenvalue weighted by Crippen LogP contribution is -2.19. The number of rotatable bonds is 3. The highest BCUT2D eigenvalue weighted by molar-refractivity contribution is 5.83. The summed E-state index contributed by atoms with van der Waals surface area (Å²) in [4.78, 5) is 11.1. The zero-order valence-electron chi connectivity index (χ0n) is 8.24. The lowest BCUT2D eigenvalue weighted by molar-refractivity contribution is -0.143. The summed E-state index contributed by atoms with van der Waals surface area (Å²) in [5, 5.41) is 18.2. The van der Waals surface area contributed by atoms with Crippen LogP contribution in [0.2, 0.25) is 0 Å². The van der Waals surface area contributed by atoms with Crippen LogP contribution in [0.1, 0.15) is 20.8 Å². The maximum Gasteiger partial charge on any atom is 0.314 e. The van der Waals surface area contributed by atoms with Gasteiger partial charge < -0.3 is 10.2 Å². The van der Waals surface area contributed by atoms with Crippen LogP contribution in [-0.2, 0) is 4.79 Å². The molecular formula is C10H16O3. The van der Waals surface area contributed by atoms with Gasteiger partial charge in [-0.1, -0.05) is 26.0 Å². The van der Waals surface area contributed by atoms with Crippen LogP contribution in [0.15, 0.2) is 12.2 Å². The zero-order chi connectivity index (χ0) is 10.3. The van der Waals surface area contributed by atoms with E-state index >= 15 is 0 Å². The number of hydrogen-bond acceptors (Lipinski definition) is 2. The third kappa shape index (κ3) is 1.03. The minimum absolute atomic E-state index is 0.0658. The van der Waals surface area contributed by atoms with Gasteiger partial charge in [0.25, 0.3) is 0 Å². The summed E-state index contributed by atoms with van der Waals surface area (Å²) in [5.74, 6) is -0.997. The summed E-state index contributed by atoms with van der Waals surface area (Å²) in [7, 11) is 0. The fourth-order valence-electron chi connectivity index (χ4n) is 2.37. The number of aliphatic hydroxyl groups is 1. The SMILES string of the molecule is CC=CC1(C(=O)O)C(CO)C1(C)C. The van der Waals surface area contributed by atoms with E-state index in [0.29, 0.717) is 0 Å². The average Bonchev–Trinajstić information content (AvgIpc) is 2.49. The van der Waals surface area contributed by atoms with Gasteiger partial charge in [-0.2, -0.15) is 0 Å². The Morgan fingerprint density at radius 3 is 2.31 bits per heavy atom. The monoisotopic (exact) mass is 184 g/mol. The smallest absolute Gasteiger partial charge is 0.314 e. The summed E-state index contributed by atoms with van der Waals surface area (Å²) in [6.07, 6.45) is 3.43. The van der Waals surface area contributed by atoms with Crippen LogP contribution in [0.3, 0.4) is 0 Å². The minimum Gasteiger partial charge on any atom is -0.481 e. The molecule has 2 atom stereocenters. The largest absolute Gasteiger partial charge is 0.481 e. The molecule has 2 unspecified atom stereocenters. The predicted octanol–water partition coefficient (Wildman–Crippen LogP) is 1.28. The molecule has 1 saturated carbocycles. The van der Waals surface area contributed by atoms with Crippen molar-refractivity contribution >= 4 is 5.97 Å². The predicted molar refractivity (Wildman–Crippen MR) is 49.2 cm³/mol.